The van der Waals surface area contributed by atoms with Gasteiger partial charge in [0.05, 0.1) is 13.1 Å². The summed E-state index contributed by atoms with van der Waals surface area (Å²) < 4.78 is 0. The lowest BCUT2D eigenvalue weighted by Crippen LogP contribution is -3.08. The van der Waals surface area contributed by atoms with Crippen LogP contribution in [0, 0.1) is 13.8 Å². The minimum Gasteiger partial charge on any atom is -0.345 e. The summed E-state index contributed by atoms with van der Waals surface area (Å²) in [5.41, 5.74) is 4.95. The lowest BCUT2D eigenvalue weighted by atomic mass is 10.0. The van der Waals surface area contributed by atoms with E-state index in [4.69, 9.17) is 0 Å². The second kappa shape index (κ2) is 9.07. The van der Waals surface area contributed by atoms with Gasteiger partial charge in [-0.3, -0.25) is 4.79 Å². The molecule has 0 aliphatic carbocycles. The molecule has 25 heavy (non-hydrogen) atoms. The summed E-state index contributed by atoms with van der Waals surface area (Å²) in [4.78, 5) is 14.8. The number of quaternary nitrogens is 1. The summed E-state index contributed by atoms with van der Waals surface area (Å²) in [6.07, 6.45) is 2.08. The summed E-state index contributed by atoms with van der Waals surface area (Å²) in [6.45, 7) is 7.57. The number of benzene rings is 2. The van der Waals surface area contributed by atoms with Crippen LogP contribution in [0.2, 0.25) is 0 Å². The largest absolute Gasteiger partial charge is 0.345 e. The molecule has 2 aromatic rings. The zero-order valence-corrected chi connectivity index (χ0v) is 16.7. The molecule has 2 atom stereocenters. The molecule has 1 amide bonds. The normalized spacial score (nSPS) is 13.3. The molecule has 0 fully saturated rings. The topological polar surface area (TPSA) is 33.5 Å². The second-order valence-corrected chi connectivity index (χ2v) is 7.67. The first kappa shape index (κ1) is 19.5. The number of carbonyl (C=O) groups is 1. The number of carbonyl (C=O) groups excluding carboxylic acids is 1. The van der Waals surface area contributed by atoms with Gasteiger partial charge in [0.15, 0.2) is 6.54 Å². The van der Waals surface area contributed by atoms with E-state index in [2.05, 4.69) is 74.9 Å². The summed E-state index contributed by atoms with van der Waals surface area (Å²) in [5.74, 6) is 0.0870. The summed E-state index contributed by atoms with van der Waals surface area (Å²) in [5, 5.41) is 3.11. The van der Waals surface area contributed by atoms with Crippen LogP contribution in [-0.4, -0.2) is 25.8 Å². The van der Waals surface area contributed by atoms with Crippen molar-refractivity contribution in [1.82, 2.24) is 5.32 Å². The van der Waals surface area contributed by atoms with E-state index < -0.39 is 0 Å². The summed E-state index contributed by atoms with van der Waals surface area (Å²) in [6, 6.07) is 14.9. The molecule has 0 saturated heterocycles. The number of rotatable bonds is 7. The quantitative estimate of drug-likeness (QED) is 0.747. The van der Waals surface area contributed by atoms with Crippen molar-refractivity contribution in [1.29, 1.82) is 0 Å². The van der Waals surface area contributed by atoms with E-state index in [1.165, 1.54) is 26.5 Å². The number of likely N-dealkylation sites (N-methyl/N-ethyl adjacent to an activating group) is 1. The van der Waals surface area contributed by atoms with Gasteiger partial charge in [-0.15, -0.1) is 11.8 Å². The first-order valence-electron chi connectivity index (χ1n) is 8.69. The maximum absolute atomic E-state index is 12.3. The Morgan fingerprint density at radius 3 is 2.40 bits per heavy atom. The van der Waals surface area contributed by atoms with Crippen molar-refractivity contribution >= 4 is 17.7 Å². The van der Waals surface area contributed by atoms with Gasteiger partial charge in [0.2, 0.25) is 0 Å². The third-order valence-corrected chi connectivity index (χ3v) is 5.28. The summed E-state index contributed by atoms with van der Waals surface area (Å²) in [7, 11) is 2.06. The Morgan fingerprint density at radius 2 is 1.80 bits per heavy atom. The van der Waals surface area contributed by atoms with Gasteiger partial charge in [0, 0.05) is 10.5 Å². The number of nitrogens with one attached hydrogen (secondary N) is 2. The van der Waals surface area contributed by atoms with E-state index in [1.54, 1.807) is 11.8 Å². The number of hydrogen-bond donors (Lipinski definition) is 2. The third kappa shape index (κ3) is 5.91. The van der Waals surface area contributed by atoms with Crippen LogP contribution < -0.4 is 10.2 Å². The van der Waals surface area contributed by atoms with E-state index in [9.17, 15) is 4.79 Å². The maximum Gasteiger partial charge on any atom is 0.275 e. The molecular formula is C21H29N2OS+. The van der Waals surface area contributed by atoms with Gasteiger partial charge in [-0.2, -0.15) is 0 Å². The first-order valence-corrected chi connectivity index (χ1v) is 9.92. The summed E-state index contributed by atoms with van der Waals surface area (Å²) >= 11 is 1.74. The molecule has 2 N–H and O–H groups in total. The Labute approximate surface area is 155 Å². The molecule has 1 unspecified atom stereocenters. The van der Waals surface area contributed by atoms with E-state index in [1.807, 2.05) is 6.92 Å². The molecule has 0 bridgehead atoms. The maximum atomic E-state index is 12.3. The third-order valence-electron chi connectivity index (χ3n) is 4.54. The highest BCUT2D eigenvalue weighted by atomic mass is 32.2. The zero-order chi connectivity index (χ0) is 18.4. The van der Waals surface area contributed by atoms with Crippen molar-refractivity contribution in [3.63, 3.8) is 0 Å². The van der Waals surface area contributed by atoms with Gasteiger partial charge in [-0.25, -0.2) is 0 Å². The highest BCUT2D eigenvalue weighted by molar-refractivity contribution is 7.98. The predicted molar refractivity (Wildman–Crippen MR) is 106 cm³/mol. The minimum atomic E-state index is 0.0282. The number of aryl methyl sites for hydroxylation is 2. The fourth-order valence-corrected chi connectivity index (χ4v) is 3.25. The Hall–Kier alpha value is -1.78. The van der Waals surface area contributed by atoms with Crippen LogP contribution in [0.4, 0.5) is 0 Å². The molecule has 0 heterocycles. The number of amides is 1. The minimum absolute atomic E-state index is 0.0282. The predicted octanol–water partition coefficient (Wildman–Crippen LogP) is 2.92. The Bertz CT molecular complexity index is 712. The number of thioether (sulfide) groups is 1. The average Bonchev–Trinajstić information content (AvgIpc) is 2.57. The van der Waals surface area contributed by atoms with Gasteiger partial charge in [-0.1, -0.05) is 30.3 Å². The molecule has 2 aromatic carbocycles. The Balaban J connectivity index is 1.86. The Kier molecular flexibility index (Phi) is 7.09. The molecule has 0 aliphatic rings. The van der Waals surface area contributed by atoms with E-state index in [-0.39, 0.29) is 11.9 Å². The lowest BCUT2D eigenvalue weighted by molar-refractivity contribution is -0.885. The molecular weight excluding hydrogens is 328 g/mol. The Morgan fingerprint density at radius 1 is 1.12 bits per heavy atom. The van der Waals surface area contributed by atoms with Gasteiger partial charge < -0.3 is 10.2 Å². The molecule has 0 spiro atoms. The van der Waals surface area contributed by atoms with Crippen molar-refractivity contribution in [2.24, 2.45) is 0 Å². The monoisotopic (exact) mass is 357 g/mol. The van der Waals surface area contributed by atoms with Crippen LogP contribution in [0.5, 0.6) is 0 Å². The fraction of sp³-hybridized carbons (Fsp3) is 0.381. The molecule has 3 nitrogen and oxygen atoms in total. The van der Waals surface area contributed by atoms with Crippen molar-refractivity contribution in [2.45, 2.75) is 38.3 Å². The smallest absolute Gasteiger partial charge is 0.275 e. The van der Waals surface area contributed by atoms with Gasteiger partial charge >= 0.3 is 0 Å². The van der Waals surface area contributed by atoms with Crippen LogP contribution in [0.3, 0.4) is 0 Å². The molecule has 134 valence electrons. The standard InChI is InChI=1S/C21H28N2OS/c1-15-6-9-19(12-16(15)2)17(3)22-21(24)14-23(4)13-18-7-10-20(25-5)11-8-18/h6-12,17H,13-14H2,1-5H3,(H,22,24)/p+1/t17-/m0/s1. The van der Waals surface area contributed by atoms with Gasteiger partial charge in [0.25, 0.3) is 5.91 Å². The van der Waals surface area contributed by atoms with Crippen molar-refractivity contribution in [3.8, 4) is 0 Å². The fourth-order valence-electron chi connectivity index (χ4n) is 2.84. The molecule has 0 saturated carbocycles. The van der Waals surface area contributed by atoms with E-state index in [0.29, 0.717) is 6.54 Å². The molecule has 0 radical (unpaired) electrons. The average molecular weight is 358 g/mol. The van der Waals surface area contributed by atoms with Crippen molar-refractivity contribution in [2.75, 3.05) is 19.8 Å². The van der Waals surface area contributed by atoms with Crippen LogP contribution in [-0.2, 0) is 11.3 Å². The molecule has 0 aliphatic heterocycles. The highest BCUT2D eigenvalue weighted by Gasteiger charge is 2.14. The molecule has 0 aromatic heterocycles. The molecule has 4 heteroatoms. The van der Waals surface area contributed by atoms with Crippen LogP contribution in [0.25, 0.3) is 0 Å². The zero-order valence-electron chi connectivity index (χ0n) is 15.8. The number of hydrogen-bond acceptors (Lipinski definition) is 2. The van der Waals surface area contributed by atoms with Crippen LogP contribution >= 0.6 is 11.8 Å². The van der Waals surface area contributed by atoms with E-state index in [0.717, 1.165) is 12.1 Å². The lowest BCUT2D eigenvalue weighted by Gasteiger charge is -2.18. The SMILES string of the molecule is CSc1ccc(C[NH+](C)CC(=O)N[C@@H](C)c2ccc(C)c(C)c2)cc1. The van der Waals surface area contributed by atoms with Gasteiger partial charge in [-0.05, 0) is 55.9 Å². The van der Waals surface area contributed by atoms with Crippen molar-refractivity contribution in [3.05, 3.63) is 64.7 Å². The van der Waals surface area contributed by atoms with Crippen molar-refractivity contribution < 1.29 is 9.69 Å². The van der Waals surface area contributed by atoms with Gasteiger partial charge in [0.1, 0.15) is 6.54 Å². The van der Waals surface area contributed by atoms with Crippen LogP contribution in [0.1, 0.15) is 35.2 Å². The first-order chi connectivity index (χ1) is 11.9. The second-order valence-electron chi connectivity index (χ2n) is 6.79. The van der Waals surface area contributed by atoms with Crippen LogP contribution in [0.15, 0.2) is 47.4 Å². The highest BCUT2D eigenvalue weighted by Crippen LogP contribution is 2.16. The molecule has 2 rings (SSSR count). The van der Waals surface area contributed by atoms with E-state index >= 15 is 0 Å².